The van der Waals surface area contributed by atoms with Crippen LogP contribution in [0.3, 0.4) is 0 Å². The van der Waals surface area contributed by atoms with E-state index in [1.54, 1.807) is 0 Å². The molecule has 0 bridgehead atoms. The number of nitrogens with zero attached hydrogens (tertiary/aromatic N) is 5. The largest absolute Gasteiger partial charge is 0.307 e. The zero-order chi connectivity index (χ0) is 41.4. The lowest BCUT2D eigenvalue weighted by Crippen LogP contribution is -2.07. The van der Waals surface area contributed by atoms with Crippen LogP contribution in [0.2, 0.25) is 0 Å². The molecule has 262 valence electrons. The van der Waals surface area contributed by atoms with Crippen molar-refractivity contribution in [3.8, 4) is 56.7 Å². The molecular weight excluding hydrogens is 683 g/mol. The smallest absolute Gasteiger partial charge is 0.238 e. The second-order valence-corrected chi connectivity index (χ2v) is 13.7. The number of hydrogen-bond donors (Lipinski definition) is 0. The number of hydrogen-bond acceptors (Lipinski definition) is 3. The van der Waals surface area contributed by atoms with Crippen LogP contribution in [0.1, 0.15) is 6.85 Å². The SMILES string of the molecule is [2H]c1c([2H])c([2H])c(-c2ccc(-n3c4ccccc4c4ccc5c6ccccc6n(-c6nc(-c7ccccc7)nc(-c7cccc(-c8ccccc8)c7)n6)c5c43)cc2)c([2H])c1[2H]. The van der Waals surface area contributed by atoms with Gasteiger partial charge in [-0.2, -0.15) is 9.97 Å². The molecule has 3 heterocycles. The Morgan fingerprint density at radius 3 is 1.55 bits per heavy atom. The average Bonchev–Trinajstić information content (AvgIpc) is 3.84. The van der Waals surface area contributed by atoms with E-state index in [9.17, 15) is 0 Å². The average molecular weight is 721 g/mol. The molecule has 0 aliphatic rings. The van der Waals surface area contributed by atoms with Gasteiger partial charge in [-0.05, 0) is 52.6 Å². The van der Waals surface area contributed by atoms with Crippen molar-refractivity contribution < 1.29 is 6.85 Å². The maximum atomic E-state index is 8.62. The highest BCUT2D eigenvalue weighted by Crippen LogP contribution is 2.42. The number of benzene rings is 8. The van der Waals surface area contributed by atoms with Gasteiger partial charge in [0.2, 0.25) is 5.95 Å². The Balaban J connectivity index is 1.20. The highest BCUT2D eigenvalue weighted by Gasteiger charge is 2.23. The molecule has 0 spiro atoms. The monoisotopic (exact) mass is 720 g/mol. The van der Waals surface area contributed by atoms with Crippen LogP contribution in [-0.2, 0) is 0 Å². The van der Waals surface area contributed by atoms with Crippen LogP contribution in [0.15, 0.2) is 200 Å². The standard InChI is InChI=1S/C51H33N5/c1-4-15-34(16-5-1)36-27-29-40(30-28-36)55-45-25-12-10-23-41(45)43-31-32-44-42-24-11-13-26-46(42)56(48(44)47(43)55)51-53-49(37-19-8-3-9-20-37)52-50(54-51)39-22-14-21-38(33-39)35-17-6-2-7-18-35/h1-33H/i1D,4D,5D,15D,16D. The van der Waals surface area contributed by atoms with Crippen LogP contribution >= 0.6 is 0 Å². The first-order chi connectivity index (χ1) is 29.9. The summed E-state index contributed by atoms with van der Waals surface area (Å²) in [6.45, 7) is 0. The molecule has 0 fully saturated rings. The molecular formula is C51H33N5. The molecule has 5 heteroatoms. The summed E-state index contributed by atoms with van der Waals surface area (Å²) >= 11 is 0. The fraction of sp³-hybridized carbons (Fsp3) is 0. The van der Waals surface area contributed by atoms with Crippen LogP contribution in [0.25, 0.3) is 100 Å². The van der Waals surface area contributed by atoms with Crippen molar-refractivity contribution in [3.05, 3.63) is 200 Å². The molecule has 0 N–H and O–H groups in total. The molecule has 3 aromatic heterocycles. The van der Waals surface area contributed by atoms with E-state index < -0.39 is 6.04 Å². The Bertz CT molecular complexity index is 3500. The molecule has 5 nitrogen and oxygen atoms in total. The van der Waals surface area contributed by atoms with Crippen LogP contribution in [-0.4, -0.2) is 24.1 Å². The zero-order valence-corrected chi connectivity index (χ0v) is 29.9. The predicted octanol–water partition coefficient (Wildman–Crippen LogP) is 12.7. The summed E-state index contributed by atoms with van der Waals surface area (Å²) < 4.78 is 46.3. The van der Waals surface area contributed by atoms with E-state index in [0.29, 0.717) is 23.2 Å². The summed E-state index contributed by atoms with van der Waals surface area (Å²) in [5.74, 6) is 1.57. The van der Waals surface area contributed by atoms with Gasteiger partial charge in [0.15, 0.2) is 11.6 Å². The molecule has 8 aromatic carbocycles. The minimum Gasteiger partial charge on any atom is -0.307 e. The van der Waals surface area contributed by atoms with E-state index in [2.05, 4.69) is 69.8 Å². The number of fused-ring (bicyclic) bond motifs is 7. The van der Waals surface area contributed by atoms with E-state index in [1.807, 2.05) is 109 Å². The normalized spacial score (nSPS) is 12.8. The van der Waals surface area contributed by atoms with Gasteiger partial charge in [0, 0.05) is 38.4 Å². The lowest BCUT2D eigenvalue weighted by atomic mass is 10.0. The minimum atomic E-state index is -0.415. The van der Waals surface area contributed by atoms with Gasteiger partial charge in [-0.25, -0.2) is 4.98 Å². The van der Waals surface area contributed by atoms with E-state index in [1.165, 1.54) is 0 Å². The van der Waals surface area contributed by atoms with Gasteiger partial charge in [-0.15, -0.1) is 0 Å². The highest BCUT2D eigenvalue weighted by molar-refractivity contribution is 6.23. The Labute approximate surface area is 330 Å². The molecule has 11 rings (SSSR count). The van der Waals surface area contributed by atoms with Gasteiger partial charge in [-0.1, -0.05) is 170 Å². The van der Waals surface area contributed by atoms with E-state index >= 15 is 0 Å². The molecule has 0 saturated carbocycles. The predicted molar refractivity (Wildman–Crippen MR) is 230 cm³/mol. The van der Waals surface area contributed by atoms with Crippen LogP contribution in [0, 0.1) is 0 Å². The fourth-order valence-corrected chi connectivity index (χ4v) is 7.93. The highest BCUT2D eigenvalue weighted by atomic mass is 15.2. The van der Waals surface area contributed by atoms with E-state index in [-0.39, 0.29) is 29.7 Å². The summed E-state index contributed by atoms with van der Waals surface area (Å²) in [5, 5.41) is 4.17. The Kier molecular flexibility index (Phi) is 6.29. The van der Waals surface area contributed by atoms with Gasteiger partial charge in [-0.3, -0.25) is 4.57 Å². The second-order valence-electron chi connectivity index (χ2n) is 13.7. The van der Waals surface area contributed by atoms with Crippen molar-refractivity contribution in [2.45, 2.75) is 0 Å². The van der Waals surface area contributed by atoms with Gasteiger partial charge in [0.1, 0.15) is 0 Å². The summed E-state index contributed by atoms with van der Waals surface area (Å²) in [7, 11) is 0. The molecule has 0 unspecified atom stereocenters. The maximum absolute atomic E-state index is 8.62. The quantitative estimate of drug-likeness (QED) is 0.172. The maximum Gasteiger partial charge on any atom is 0.238 e. The lowest BCUT2D eigenvalue weighted by molar-refractivity contribution is 0.953. The number of aromatic nitrogens is 5. The summed E-state index contributed by atoms with van der Waals surface area (Å²) in [6, 6.07) is 55.5. The topological polar surface area (TPSA) is 48.5 Å². The molecule has 0 saturated heterocycles. The summed E-state index contributed by atoms with van der Waals surface area (Å²) in [4.78, 5) is 15.7. The Morgan fingerprint density at radius 2 is 0.875 bits per heavy atom. The van der Waals surface area contributed by atoms with Crippen LogP contribution in [0.5, 0.6) is 0 Å². The van der Waals surface area contributed by atoms with Crippen molar-refractivity contribution in [1.29, 1.82) is 0 Å². The van der Waals surface area contributed by atoms with Gasteiger partial charge >= 0.3 is 0 Å². The first-order valence-corrected chi connectivity index (χ1v) is 18.5. The minimum absolute atomic E-state index is 0.163. The Hall–Kier alpha value is -7.63. The molecule has 56 heavy (non-hydrogen) atoms. The molecule has 0 aliphatic heterocycles. The van der Waals surface area contributed by atoms with Crippen LogP contribution in [0.4, 0.5) is 0 Å². The summed E-state index contributed by atoms with van der Waals surface area (Å²) in [5.41, 5.74) is 9.20. The van der Waals surface area contributed by atoms with Crippen molar-refractivity contribution in [2.24, 2.45) is 0 Å². The van der Waals surface area contributed by atoms with Crippen molar-refractivity contribution in [2.75, 3.05) is 0 Å². The van der Waals surface area contributed by atoms with Crippen LogP contribution < -0.4 is 0 Å². The molecule has 11 aromatic rings. The van der Waals surface area contributed by atoms with Crippen molar-refractivity contribution in [1.82, 2.24) is 24.1 Å². The zero-order valence-electron chi connectivity index (χ0n) is 34.9. The van der Waals surface area contributed by atoms with Crippen molar-refractivity contribution >= 4 is 43.6 Å². The molecule has 0 radical (unpaired) electrons. The molecule has 0 atom stereocenters. The number of para-hydroxylation sites is 2. The second kappa shape index (κ2) is 13.0. The fourth-order valence-electron chi connectivity index (χ4n) is 7.93. The molecule has 0 amide bonds. The number of rotatable bonds is 6. The lowest BCUT2D eigenvalue weighted by Gasteiger charge is -2.14. The Morgan fingerprint density at radius 1 is 0.357 bits per heavy atom. The van der Waals surface area contributed by atoms with Crippen molar-refractivity contribution in [3.63, 3.8) is 0 Å². The molecule has 0 aliphatic carbocycles. The van der Waals surface area contributed by atoms with Gasteiger partial charge in [0.05, 0.1) is 28.9 Å². The van der Waals surface area contributed by atoms with E-state index in [0.717, 1.165) is 71.6 Å². The summed E-state index contributed by atoms with van der Waals surface area (Å²) in [6.07, 6.45) is 0. The first kappa shape index (κ1) is 27.0. The third-order valence-corrected chi connectivity index (χ3v) is 10.5. The first-order valence-electron chi connectivity index (χ1n) is 21.0. The van der Waals surface area contributed by atoms with Gasteiger partial charge < -0.3 is 4.57 Å². The third-order valence-electron chi connectivity index (χ3n) is 10.5. The van der Waals surface area contributed by atoms with E-state index in [4.69, 9.17) is 21.8 Å². The third kappa shape index (κ3) is 5.21. The van der Waals surface area contributed by atoms with Gasteiger partial charge in [0.25, 0.3) is 0 Å².